The van der Waals surface area contributed by atoms with E-state index in [9.17, 15) is 0 Å². The Morgan fingerprint density at radius 1 is 1.06 bits per heavy atom. The molecule has 0 radical (unpaired) electrons. The van der Waals surface area contributed by atoms with Gasteiger partial charge in [-0.15, -0.1) is 0 Å². The van der Waals surface area contributed by atoms with E-state index in [0.717, 1.165) is 12.6 Å². The van der Waals surface area contributed by atoms with Gasteiger partial charge in [-0.25, -0.2) is 0 Å². The smallest absolute Gasteiger partial charge is 0.0403 e. The van der Waals surface area contributed by atoms with E-state index in [-0.39, 0.29) is 0 Å². The molecular formula is C17H27N. The maximum absolute atomic E-state index is 2.65. The third-order valence-electron chi connectivity index (χ3n) is 4.45. The average Bonchev–Trinajstić information content (AvgIpc) is 2.37. The van der Waals surface area contributed by atoms with Gasteiger partial charge in [-0.05, 0) is 63.3 Å². The van der Waals surface area contributed by atoms with Gasteiger partial charge in [0.25, 0.3) is 0 Å². The summed E-state index contributed by atoms with van der Waals surface area (Å²) >= 11 is 0. The molecule has 1 fully saturated rings. The zero-order chi connectivity index (χ0) is 13.1. The topological polar surface area (TPSA) is 3.24 Å². The highest BCUT2D eigenvalue weighted by Gasteiger charge is 2.21. The molecule has 2 rings (SSSR count). The lowest BCUT2D eigenvalue weighted by Gasteiger charge is -2.37. The fourth-order valence-corrected chi connectivity index (χ4v) is 3.33. The van der Waals surface area contributed by atoms with Crippen LogP contribution in [0.2, 0.25) is 0 Å². The Hall–Kier alpha value is -0.980. The highest BCUT2D eigenvalue weighted by atomic mass is 15.2. The second kappa shape index (κ2) is 5.77. The third-order valence-corrected chi connectivity index (χ3v) is 4.45. The standard InChI is InChI=1S/C17H27N/c1-5-18(16-9-7-6-8-10-16)17-12-13(2)11-14(3)15(17)4/h11-12,16H,5-10H2,1-4H3. The van der Waals surface area contributed by atoms with Crippen molar-refractivity contribution in [1.82, 2.24) is 0 Å². The van der Waals surface area contributed by atoms with Crippen molar-refractivity contribution in [2.75, 3.05) is 11.4 Å². The van der Waals surface area contributed by atoms with Crippen molar-refractivity contribution in [3.8, 4) is 0 Å². The fourth-order valence-electron chi connectivity index (χ4n) is 3.33. The first kappa shape index (κ1) is 13.5. The molecule has 1 aromatic carbocycles. The summed E-state index contributed by atoms with van der Waals surface area (Å²) < 4.78 is 0. The highest BCUT2D eigenvalue weighted by molar-refractivity contribution is 5.58. The third kappa shape index (κ3) is 2.71. The summed E-state index contributed by atoms with van der Waals surface area (Å²) in [6, 6.07) is 5.44. The van der Waals surface area contributed by atoms with Crippen LogP contribution < -0.4 is 4.90 Å². The number of anilines is 1. The van der Waals surface area contributed by atoms with Gasteiger partial charge in [-0.3, -0.25) is 0 Å². The van der Waals surface area contributed by atoms with Crippen molar-refractivity contribution in [2.24, 2.45) is 0 Å². The van der Waals surface area contributed by atoms with E-state index in [2.05, 4.69) is 44.7 Å². The quantitative estimate of drug-likeness (QED) is 0.741. The lowest BCUT2D eigenvalue weighted by atomic mass is 9.92. The van der Waals surface area contributed by atoms with Crippen molar-refractivity contribution in [2.45, 2.75) is 65.8 Å². The van der Waals surface area contributed by atoms with Gasteiger partial charge in [0, 0.05) is 18.3 Å². The van der Waals surface area contributed by atoms with Crippen LogP contribution in [0.1, 0.15) is 55.7 Å². The molecule has 0 heterocycles. The molecule has 1 aliphatic carbocycles. The lowest BCUT2D eigenvalue weighted by Crippen LogP contribution is -2.37. The van der Waals surface area contributed by atoms with E-state index in [1.165, 1.54) is 54.5 Å². The maximum Gasteiger partial charge on any atom is 0.0403 e. The van der Waals surface area contributed by atoms with Gasteiger partial charge in [-0.2, -0.15) is 0 Å². The predicted molar refractivity (Wildman–Crippen MR) is 80.5 cm³/mol. The summed E-state index contributed by atoms with van der Waals surface area (Å²) in [5.74, 6) is 0. The molecular weight excluding hydrogens is 218 g/mol. The first-order valence-corrected chi connectivity index (χ1v) is 7.48. The zero-order valence-electron chi connectivity index (χ0n) is 12.4. The van der Waals surface area contributed by atoms with E-state index in [0.29, 0.717) is 0 Å². The molecule has 1 aliphatic rings. The average molecular weight is 245 g/mol. The molecule has 1 nitrogen and oxygen atoms in total. The Morgan fingerprint density at radius 3 is 2.33 bits per heavy atom. The van der Waals surface area contributed by atoms with Crippen molar-refractivity contribution < 1.29 is 0 Å². The summed E-state index contributed by atoms with van der Waals surface area (Å²) in [6.45, 7) is 10.2. The van der Waals surface area contributed by atoms with Gasteiger partial charge < -0.3 is 4.90 Å². The monoisotopic (exact) mass is 245 g/mol. The SMILES string of the molecule is CCN(c1cc(C)cc(C)c1C)C1CCCCC1. The molecule has 0 spiro atoms. The number of aryl methyl sites for hydroxylation is 2. The molecule has 0 aliphatic heterocycles. The number of hydrogen-bond donors (Lipinski definition) is 0. The predicted octanol–water partition coefficient (Wildman–Crippen LogP) is 4.77. The van der Waals surface area contributed by atoms with Crippen molar-refractivity contribution >= 4 is 5.69 Å². The minimum absolute atomic E-state index is 0.767. The number of nitrogens with zero attached hydrogens (tertiary/aromatic N) is 1. The Kier molecular flexibility index (Phi) is 4.31. The van der Waals surface area contributed by atoms with Gasteiger partial charge in [0.05, 0.1) is 0 Å². The van der Waals surface area contributed by atoms with E-state index < -0.39 is 0 Å². The molecule has 18 heavy (non-hydrogen) atoms. The van der Waals surface area contributed by atoms with Crippen LogP contribution in [0.3, 0.4) is 0 Å². The first-order valence-electron chi connectivity index (χ1n) is 7.48. The van der Waals surface area contributed by atoms with E-state index in [1.807, 2.05) is 0 Å². The second-order valence-electron chi connectivity index (χ2n) is 5.80. The molecule has 0 amide bonds. The number of hydrogen-bond acceptors (Lipinski definition) is 1. The second-order valence-corrected chi connectivity index (χ2v) is 5.80. The van der Waals surface area contributed by atoms with Crippen LogP contribution >= 0.6 is 0 Å². The largest absolute Gasteiger partial charge is 0.369 e. The summed E-state index contributed by atoms with van der Waals surface area (Å²) in [5, 5.41) is 0. The first-order chi connectivity index (χ1) is 8.63. The molecule has 0 atom stereocenters. The molecule has 100 valence electrons. The van der Waals surface area contributed by atoms with Crippen molar-refractivity contribution in [3.05, 3.63) is 28.8 Å². The van der Waals surface area contributed by atoms with Gasteiger partial charge in [-0.1, -0.05) is 25.3 Å². The highest BCUT2D eigenvalue weighted by Crippen LogP contribution is 2.31. The molecule has 1 aromatic rings. The summed E-state index contributed by atoms with van der Waals surface area (Å²) in [4.78, 5) is 2.65. The van der Waals surface area contributed by atoms with Crippen molar-refractivity contribution in [3.63, 3.8) is 0 Å². The molecule has 0 unspecified atom stereocenters. The van der Waals surface area contributed by atoms with Gasteiger partial charge in [0.2, 0.25) is 0 Å². The molecule has 0 saturated heterocycles. The lowest BCUT2D eigenvalue weighted by molar-refractivity contribution is 0.418. The van der Waals surface area contributed by atoms with E-state index in [1.54, 1.807) is 0 Å². The Morgan fingerprint density at radius 2 is 1.72 bits per heavy atom. The van der Waals surface area contributed by atoms with Crippen LogP contribution in [0.5, 0.6) is 0 Å². The maximum atomic E-state index is 2.65. The Balaban J connectivity index is 2.31. The van der Waals surface area contributed by atoms with E-state index >= 15 is 0 Å². The minimum Gasteiger partial charge on any atom is -0.369 e. The van der Waals surface area contributed by atoms with Gasteiger partial charge >= 0.3 is 0 Å². The van der Waals surface area contributed by atoms with Crippen LogP contribution in [0.15, 0.2) is 12.1 Å². The molecule has 0 bridgehead atoms. The molecule has 1 saturated carbocycles. The van der Waals surface area contributed by atoms with Gasteiger partial charge in [0.1, 0.15) is 0 Å². The van der Waals surface area contributed by atoms with Crippen molar-refractivity contribution in [1.29, 1.82) is 0 Å². The fraction of sp³-hybridized carbons (Fsp3) is 0.647. The summed E-state index contributed by atoms with van der Waals surface area (Å²) in [5.41, 5.74) is 5.76. The minimum atomic E-state index is 0.767. The molecule has 1 heteroatoms. The zero-order valence-corrected chi connectivity index (χ0v) is 12.4. The van der Waals surface area contributed by atoms with Gasteiger partial charge in [0.15, 0.2) is 0 Å². The van der Waals surface area contributed by atoms with Crippen LogP contribution in [0.4, 0.5) is 5.69 Å². The van der Waals surface area contributed by atoms with Crippen LogP contribution in [0, 0.1) is 20.8 Å². The number of rotatable bonds is 3. The Bertz CT molecular complexity index is 402. The summed E-state index contributed by atoms with van der Waals surface area (Å²) in [7, 11) is 0. The van der Waals surface area contributed by atoms with Crippen LogP contribution in [-0.4, -0.2) is 12.6 Å². The molecule has 0 N–H and O–H groups in total. The summed E-state index contributed by atoms with van der Waals surface area (Å²) in [6.07, 6.45) is 7.00. The van der Waals surface area contributed by atoms with Crippen LogP contribution in [-0.2, 0) is 0 Å². The number of benzene rings is 1. The molecule has 0 aromatic heterocycles. The van der Waals surface area contributed by atoms with Crippen LogP contribution in [0.25, 0.3) is 0 Å². The normalized spacial score (nSPS) is 16.9. The van der Waals surface area contributed by atoms with E-state index in [4.69, 9.17) is 0 Å². The Labute approximate surface area is 112 Å².